The van der Waals surface area contributed by atoms with E-state index in [4.69, 9.17) is 0 Å². The molecule has 13 rings (SSSR count). The van der Waals surface area contributed by atoms with E-state index in [2.05, 4.69) is 278 Å². The molecule has 0 radical (unpaired) electrons. The Morgan fingerprint density at radius 1 is 0.261 bits per heavy atom. The number of thiophene rings is 1. The molecule has 12 aromatic rings. The predicted octanol–water partition coefficient (Wildman–Crippen LogP) is 18.6. The van der Waals surface area contributed by atoms with E-state index < -0.39 is 5.41 Å². The van der Waals surface area contributed by atoms with Crippen molar-refractivity contribution in [3.05, 3.63) is 295 Å². The van der Waals surface area contributed by atoms with Gasteiger partial charge < -0.3 is 4.90 Å². The van der Waals surface area contributed by atoms with Crippen LogP contribution in [0, 0.1) is 0 Å². The van der Waals surface area contributed by atoms with Gasteiger partial charge in [-0.15, -0.1) is 11.3 Å². The maximum absolute atomic E-state index is 2.52. The summed E-state index contributed by atoms with van der Waals surface area (Å²) in [5.41, 5.74) is 19.9. The molecule has 69 heavy (non-hydrogen) atoms. The number of nitrogens with zero attached hydrogens (tertiary/aromatic N) is 1. The molecule has 0 bridgehead atoms. The first-order valence-electron chi connectivity index (χ1n) is 23.7. The molecule has 0 spiro atoms. The standard InChI is InChI=1S/C67H45NS/c1-6-20-46(21-7-1)50-38-51(47-22-8-2-9-23-47)41-55(40-50)67(63-32-18-16-30-59(63)60-31-17-19-33-64(60)67)54-34-36-65-61(44-54)62-45-57(35-37-66(62)69-65)68(56-28-14-5-15-29-56)58-42-52(48-24-10-3-11-25-48)39-53(43-58)49-26-12-4-13-27-49/h1-45H. The van der Waals surface area contributed by atoms with Crippen LogP contribution in [0.4, 0.5) is 17.1 Å². The molecule has 0 saturated carbocycles. The first-order valence-corrected chi connectivity index (χ1v) is 24.5. The molecule has 324 valence electrons. The fourth-order valence-corrected chi connectivity index (χ4v) is 12.0. The Morgan fingerprint density at radius 3 is 1.16 bits per heavy atom. The molecule has 0 unspecified atom stereocenters. The lowest BCUT2D eigenvalue weighted by atomic mass is 9.66. The third-order valence-corrected chi connectivity index (χ3v) is 15.2. The molecular formula is C67H45NS. The summed E-state index contributed by atoms with van der Waals surface area (Å²) < 4.78 is 2.54. The van der Waals surface area contributed by atoms with E-state index in [0.29, 0.717) is 0 Å². The van der Waals surface area contributed by atoms with Crippen molar-refractivity contribution in [1.29, 1.82) is 0 Å². The molecule has 1 aromatic heterocycles. The minimum absolute atomic E-state index is 0.608. The molecular weight excluding hydrogens is 851 g/mol. The molecule has 0 amide bonds. The monoisotopic (exact) mass is 895 g/mol. The van der Waals surface area contributed by atoms with Gasteiger partial charge in [0.05, 0.1) is 5.41 Å². The number of hydrogen-bond acceptors (Lipinski definition) is 2. The summed E-state index contributed by atoms with van der Waals surface area (Å²) in [7, 11) is 0. The Balaban J connectivity index is 1.05. The van der Waals surface area contributed by atoms with Gasteiger partial charge in [-0.3, -0.25) is 0 Å². The van der Waals surface area contributed by atoms with E-state index >= 15 is 0 Å². The molecule has 1 aliphatic carbocycles. The van der Waals surface area contributed by atoms with Gasteiger partial charge in [-0.1, -0.05) is 194 Å². The van der Waals surface area contributed by atoms with Crippen LogP contribution in [0.25, 0.3) is 75.8 Å². The van der Waals surface area contributed by atoms with Crippen LogP contribution in [0.5, 0.6) is 0 Å². The van der Waals surface area contributed by atoms with Crippen molar-refractivity contribution in [2.45, 2.75) is 5.41 Å². The van der Waals surface area contributed by atoms with Crippen molar-refractivity contribution < 1.29 is 0 Å². The van der Waals surface area contributed by atoms with Gasteiger partial charge in [0.2, 0.25) is 0 Å². The smallest absolute Gasteiger partial charge is 0.0714 e. The molecule has 0 fully saturated rings. The number of rotatable bonds is 9. The maximum atomic E-state index is 2.52. The predicted molar refractivity (Wildman–Crippen MR) is 293 cm³/mol. The van der Waals surface area contributed by atoms with Crippen molar-refractivity contribution in [1.82, 2.24) is 0 Å². The molecule has 1 aliphatic rings. The SMILES string of the molecule is c1ccc(-c2cc(-c3ccccc3)cc(N(c3ccccc3)c3ccc4sc5ccc(C6(c7cc(-c8ccccc8)cc(-c8ccccc8)c7)c7ccccc7-c7ccccc76)cc5c4c3)c2)cc1. The van der Waals surface area contributed by atoms with Gasteiger partial charge in [0.1, 0.15) is 0 Å². The summed E-state index contributed by atoms with van der Waals surface area (Å²) >= 11 is 1.87. The summed E-state index contributed by atoms with van der Waals surface area (Å²) in [4.78, 5) is 2.43. The van der Waals surface area contributed by atoms with Crippen LogP contribution in [0.2, 0.25) is 0 Å². The van der Waals surface area contributed by atoms with Crippen molar-refractivity contribution in [3.8, 4) is 55.6 Å². The van der Waals surface area contributed by atoms with Crippen molar-refractivity contribution in [2.24, 2.45) is 0 Å². The number of benzene rings is 11. The highest BCUT2D eigenvalue weighted by atomic mass is 32.1. The van der Waals surface area contributed by atoms with E-state index in [9.17, 15) is 0 Å². The highest BCUT2D eigenvalue weighted by Gasteiger charge is 2.46. The highest BCUT2D eigenvalue weighted by Crippen LogP contribution is 2.57. The average Bonchev–Trinajstić information content (AvgIpc) is 3.95. The normalized spacial score (nSPS) is 12.5. The minimum atomic E-state index is -0.608. The van der Waals surface area contributed by atoms with Crippen LogP contribution < -0.4 is 4.90 Å². The van der Waals surface area contributed by atoms with Gasteiger partial charge in [-0.2, -0.15) is 0 Å². The summed E-state index contributed by atoms with van der Waals surface area (Å²) in [6.45, 7) is 0. The van der Waals surface area contributed by atoms with Crippen LogP contribution in [0.1, 0.15) is 22.3 Å². The highest BCUT2D eigenvalue weighted by molar-refractivity contribution is 7.25. The van der Waals surface area contributed by atoms with Crippen molar-refractivity contribution in [2.75, 3.05) is 4.90 Å². The summed E-state index contributed by atoms with van der Waals surface area (Å²) in [6, 6.07) is 101. The first-order chi connectivity index (χ1) is 34.2. The minimum Gasteiger partial charge on any atom is -0.310 e. The largest absolute Gasteiger partial charge is 0.310 e. The van der Waals surface area contributed by atoms with Crippen LogP contribution in [-0.2, 0) is 5.41 Å². The Kier molecular flexibility index (Phi) is 10.00. The van der Waals surface area contributed by atoms with Gasteiger partial charge in [0.25, 0.3) is 0 Å². The summed E-state index contributed by atoms with van der Waals surface area (Å²) in [5.74, 6) is 0. The van der Waals surface area contributed by atoms with Gasteiger partial charge in [-0.05, 0) is 157 Å². The lowest BCUT2D eigenvalue weighted by molar-refractivity contribution is 0.771. The molecule has 1 nitrogen and oxygen atoms in total. The summed E-state index contributed by atoms with van der Waals surface area (Å²) in [6.07, 6.45) is 0. The van der Waals surface area contributed by atoms with Crippen LogP contribution in [-0.4, -0.2) is 0 Å². The zero-order valence-electron chi connectivity index (χ0n) is 37.8. The van der Waals surface area contributed by atoms with Gasteiger partial charge in [0.15, 0.2) is 0 Å². The number of hydrogen-bond donors (Lipinski definition) is 0. The number of fused-ring (bicyclic) bond motifs is 6. The summed E-state index contributed by atoms with van der Waals surface area (Å²) in [5, 5.41) is 2.50. The second kappa shape index (κ2) is 16.9. The lowest BCUT2D eigenvalue weighted by Crippen LogP contribution is -2.28. The number of para-hydroxylation sites is 1. The zero-order chi connectivity index (χ0) is 45.7. The molecule has 0 atom stereocenters. The van der Waals surface area contributed by atoms with E-state index in [0.717, 1.165) is 17.1 Å². The van der Waals surface area contributed by atoms with Crippen LogP contribution >= 0.6 is 11.3 Å². The molecule has 1 heterocycles. The van der Waals surface area contributed by atoms with E-state index in [1.165, 1.54) is 98.1 Å². The van der Waals surface area contributed by atoms with Gasteiger partial charge in [0, 0.05) is 37.2 Å². The fourth-order valence-electron chi connectivity index (χ4n) is 11.0. The second-order valence-electron chi connectivity index (χ2n) is 18.0. The third kappa shape index (κ3) is 7.00. The Labute approximate surface area is 407 Å². The van der Waals surface area contributed by atoms with E-state index in [1.807, 2.05) is 11.3 Å². The Bertz CT molecular complexity index is 3660. The molecule has 0 N–H and O–H groups in total. The second-order valence-corrected chi connectivity index (χ2v) is 19.1. The van der Waals surface area contributed by atoms with Crippen molar-refractivity contribution in [3.63, 3.8) is 0 Å². The van der Waals surface area contributed by atoms with Crippen molar-refractivity contribution >= 4 is 48.6 Å². The molecule has 0 aliphatic heterocycles. The molecule has 0 saturated heterocycles. The topological polar surface area (TPSA) is 3.24 Å². The Morgan fingerprint density at radius 2 is 0.667 bits per heavy atom. The van der Waals surface area contributed by atoms with E-state index in [-0.39, 0.29) is 0 Å². The van der Waals surface area contributed by atoms with Crippen LogP contribution in [0.3, 0.4) is 0 Å². The number of anilines is 3. The third-order valence-electron chi connectivity index (χ3n) is 14.1. The van der Waals surface area contributed by atoms with Crippen LogP contribution in [0.15, 0.2) is 273 Å². The fraction of sp³-hybridized carbons (Fsp3) is 0.0149. The quantitative estimate of drug-likeness (QED) is 0.140. The van der Waals surface area contributed by atoms with Gasteiger partial charge >= 0.3 is 0 Å². The average molecular weight is 896 g/mol. The van der Waals surface area contributed by atoms with E-state index in [1.54, 1.807) is 0 Å². The lowest BCUT2D eigenvalue weighted by Gasteiger charge is -2.35. The van der Waals surface area contributed by atoms with Gasteiger partial charge in [-0.25, -0.2) is 0 Å². The molecule has 2 heteroatoms. The molecule has 11 aromatic carbocycles. The Hall–Kier alpha value is -8.56. The maximum Gasteiger partial charge on any atom is 0.0714 e. The first kappa shape index (κ1) is 40.7. The zero-order valence-corrected chi connectivity index (χ0v) is 38.7.